The van der Waals surface area contributed by atoms with Gasteiger partial charge in [-0.3, -0.25) is 33.7 Å². The van der Waals surface area contributed by atoms with E-state index >= 15 is 0 Å². The molecule has 1 aromatic heterocycles. The Labute approximate surface area is 242 Å². The number of anilines is 1. The molecule has 1 aliphatic rings. The summed E-state index contributed by atoms with van der Waals surface area (Å²) in [5.41, 5.74) is -2.08. The van der Waals surface area contributed by atoms with E-state index in [1.54, 1.807) is 0 Å². The zero-order chi connectivity index (χ0) is 32.0. The van der Waals surface area contributed by atoms with Gasteiger partial charge in [-0.1, -0.05) is 6.07 Å². The first-order chi connectivity index (χ1) is 20.2. The molecule has 1 aromatic carbocycles. The highest BCUT2D eigenvalue weighted by Gasteiger charge is 2.53. The molecule has 1 fully saturated rings. The summed E-state index contributed by atoms with van der Waals surface area (Å²) in [6.07, 6.45) is -7.05. The highest BCUT2D eigenvalue weighted by molar-refractivity contribution is 5.68. The topological polar surface area (TPSA) is 227 Å². The lowest BCUT2D eigenvalue weighted by Crippen LogP contribution is -2.62. The van der Waals surface area contributed by atoms with Crippen LogP contribution in [-0.4, -0.2) is 81.6 Å². The van der Waals surface area contributed by atoms with Crippen LogP contribution < -0.4 is 21.2 Å². The van der Waals surface area contributed by atoms with Crippen molar-refractivity contribution in [3.63, 3.8) is 0 Å². The first-order valence-electron chi connectivity index (χ1n) is 12.6. The summed E-state index contributed by atoms with van der Waals surface area (Å²) >= 11 is 0. The third-order valence-corrected chi connectivity index (χ3v) is 5.98. The SMILES string of the molecule is COc1ccc(Cn2c(=O)cnn(C3OC(COC(C)=O)C(OC(C)=O)C(OC(C)=O)C3OC(C)=O)c2=O)cc1N([O-])O. The molecule has 1 saturated heterocycles. The molecule has 0 saturated carbocycles. The Morgan fingerprint density at radius 1 is 0.977 bits per heavy atom. The predicted molar refractivity (Wildman–Crippen MR) is 140 cm³/mol. The summed E-state index contributed by atoms with van der Waals surface area (Å²) in [6, 6.07) is 3.93. The molecule has 18 heteroatoms. The largest absolute Gasteiger partial charge is 0.733 e. The molecule has 2 heterocycles. The first-order valence-corrected chi connectivity index (χ1v) is 12.6. The van der Waals surface area contributed by atoms with E-state index in [1.165, 1.54) is 25.3 Å². The van der Waals surface area contributed by atoms with Crippen LogP contribution in [0, 0.1) is 5.21 Å². The number of esters is 4. The number of ether oxygens (including phenoxy) is 6. The van der Waals surface area contributed by atoms with Gasteiger partial charge in [-0.25, -0.2) is 4.79 Å². The molecule has 2 aromatic rings. The van der Waals surface area contributed by atoms with E-state index in [0.717, 1.165) is 33.9 Å². The van der Waals surface area contributed by atoms with Crippen LogP contribution in [0.3, 0.4) is 0 Å². The number of hydrogen-bond donors (Lipinski definition) is 1. The number of hydrogen-bond acceptors (Lipinski definition) is 16. The van der Waals surface area contributed by atoms with Crippen molar-refractivity contribution in [1.82, 2.24) is 14.3 Å². The zero-order valence-electron chi connectivity index (χ0n) is 23.7. The summed E-state index contributed by atoms with van der Waals surface area (Å²) in [6.45, 7) is 3.22. The van der Waals surface area contributed by atoms with Crippen molar-refractivity contribution in [1.29, 1.82) is 0 Å². The highest BCUT2D eigenvalue weighted by Crippen LogP contribution is 2.34. The Bertz CT molecular complexity index is 1490. The molecule has 0 spiro atoms. The number of nitrogens with zero attached hydrogens (tertiary/aromatic N) is 4. The Morgan fingerprint density at radius 3 is 2.14 bits per heavy atom. The van der Waals surface area contributed by atoms with Gasteiger partial charge in [0.1, 0.15) is 24.7 Å². The van der Waals surface area contributed by atoms with Gasteiger partial charge in [0.25, 0.3) is 5.56 Å². The molecule has 43 heavy (non-hydrogen) atoms. The average Bonchev–Trinajstić information content (AvgIpc) is 2.91. The Kier molecular flexibility index (Phi) is 10.6. The second-order valence-electron chi connectivity index (χ2n) is 9.17. The minimum atomic E-state index is -1.71. The second kappa shape index (κ2) is 13.9. The molecule has 0 bridgehead atoms. The minimum absolute atomic E-state index is 0.0123. The van der Waals surface area contributed by atoms with Gasteiger partial charge in [0.05, 0.1) is 19.3 Å². The lowest BCUT2D eigenvalue weighted by molar-refractivity contribution is -0.271. The van der Waals surface area contributed by atoms with Crippen LogP contribution in [0.2, 0.25) is 0 Å². The van der Waals surface area contributed by atoms with Gasteiger partial charge in [0, 0.05) is 27.7 Å². The Morgan fingerprint density at radius 2 is 1.58 bits per heavy atom. The van der Waals surface area contributed by atoms with Crippen LogP contribution in [0.15, 0.2) is 34.0 Å². The van der Waals surface area contributed by atoms with E-state index in [4.69, 9.17) is 28.4 Å². The monoisotopic (exact) mass is 609 g/mol. The van der Waals surface area contributed by atoms with Crippen LogP contribution in [-0.2, 0) is 49.4 Å². The third kappa shape index (κ3) is 7.93. The van der Waals surface area contributed by atoms with Gasteiger partial charge >= 0.3 is 29.6 Å². The van der Waals surface area contributed by atoms with Gasteiger partial charge in [-0.15, -0.1) is 0 Å². The predicted octanol–water partition coefficient (Wildman–Crippen LogP) is -0.589. The summed E-state index contributed by atoms with van der Waals surface area (Å²) in [4.78, 5) is 74.1. The van der Waals surface area contributed by atoms with Crippen molar-refractivity contribution in [2.24, 2.45) is 0 Å². The van der Waals surface area contributed by atoms with Crippen molar-refractivity contribution in [2.75, 3.05) is 18.9 Å². The van der Waals surface area contributed by atoms with Crippen molar-refractivity contribution in [3.8, 4) is 5.75 Å². The number of carbonyl (C=O) groups excluding carboxylic acids is 4. The van der Waals surface area contributed by atoms with E-state index in [1.807, 2.05) is 0 Å². The van der Waals surface area contributed by atoms with E-state index < -0.39 is 84.1 Å². The summed E-state index contributed by atoms with van der Waals surface area (Å²) in [5.74, 6) is -3.37. The molecular weight excluding hydrogens is 580 g/mol. The number of carbonyl (C=O) groups is 4. The minimum Gasteiger partial charge on any atom is -0.733 e. The van der Waals surface area contributed by atoms with Gasteiger partial charge in [0.15, 0.2) is 24.5 Å². The maximum absolute atomic E-state index is 13.6. The molecule has 234 valence electrons. The standard InChI is InChI=1S/C25H29N4O14/c1-12(30)39-11-19-21(40-13(2)31)22(41-14(3)32)23(42-15(4)33)24(43-19)28-25(35)27(20(34)9-26-28)10-16-6-7-18(38-5)17(8-16)29(36)37/h6-9,19,21-24,36H,10-11H2,1-5H3/q-1. The molecule has 1 N–H and O–H groups in total. The van der Waals surface area contributed by atoms with E-state index in [0.29, 0.717) is 9.25 Å². The van der Waals surface area contributed by atoms with E-state index in [-0.39, 0.29) is 17.0 Å². The summed E-state index contributed by atoms with van der Waals surface area (Å²) in [5, 5.41) is 24.4. The van der Waals surface area contributed by atoms with Gasteiger partial charge in [0.2, 0.25) is 0 Å². The van der Waals surface area contributed by atoms with E-state index in [9.17, 15) is 39.2 Å². The lowest BCUT2D eigenvalue weighted by Gasteiger charge is -2.44. The third-order valence-electron chi connectivity index (χ3n) is 5.98. The summed E-state index contributed by atoms with van der Waals surface area (Å²) in [7, 11) is 1.27. The van der Waals surface area contributed by atoms with Crippen molar-refractivity contribution < 1.29 is 52.8 Å². The van der Waals surface area contributed by atoms with Gasteiger partial charge in [-0.2, -0.15) is 9.78 Å². The molecule has 5 atom stereocenters. The fourth-order valence-corrected chi connectivity index (χ4v) is 4.34. The molecule has 5 unspecified atom stereocenters. The lowest BCUT2D eigenvalue weighted by atomic mass is 9.97. The number of methoxy groups -OCH3 is 1. The Balaban J connectivity index is 2.15. The fourth-order valence-electron chi connectivity index (χ4n) is 4.34. The molecule has 3 rings (SSSR count). The van der Waals surface area contributed by atoms with Crippen LogP contribution in [0.5, 0.6) is 5.75 Å². The number of aromatic nitrogens is 3. The van der Waals surface area contributed by atoms with Crippen LogP contribution in [0.25, 0.3) is 0 Å². The van der Waals surface area contributed by atoms with Crippen molar-refractivity contribution >= 4 is 29.6 Å². The number of benzene rings is 1. The molecular formula is C25H29N4O14-. The molecule has 0 radical (unpaired) electrons. The van der Waals surface area contributed by atoms with Crippen molar-refractivity contribution in [2.45, 2.75) is 64.9 Å². The molecule has 0 amide bonds. The van der Waals surface area contributed by atoms with Gasteiger partial charge < -0.3 is 38.9 Å². The molecule has 18 nitrogen and oxygen atoms in total. The van der Waals surface area contributed by atoms with Crippen LogP contribution >= 0.6 is 0 Å². The molecule has 1 aliphatic heterocycles. The van der Waals surface area contributed by atoms with Crippen LogP contribution in [0.4, 0.5) is 5.69 Å². The van der Waals surface area contributed by atoms with Crippen LogP contribution in [0.1, 0.15) is 39.5 Å². The quantitative estimate of drug-likeness (QED) is 0.202. The van der Waals surface area contributed by atoms with Crippen molar-refractivity contribution in [3.05, 3.63) is 56.0 Å². The highest BCUT2D eigenvalue weighted by atomic mass is 16.8. The average molecular weight is 610 g/mol. The number of rotatable bonds is 10. The Hall–Kier alpha value is -4.81. The van der Waals surface area contributed by atoms with Gasteiger partial charge in [-0.05, 0) is 17.7 Å². The summed E-state index contributed by atoms with van der Waals surface area (Å²) < 4.78 is 33.3. The second-order valence-corrected chi connectivity index (χ2v) is 9.17. The first kappa shape index (κ1) is 32.7. The maximum Gasteiger partial charge on any atom is 0.350 e. The maximum atomic E-state index is 13.6. The normalized spacial score (nSPS) is 21.3. The van der Waals surface area contributed by atoms with E-state index in [2.05, 4.69) is 5.10 Å². The fraction of sp³-hybridized carbons (Fsp3) is 0.480. The molecule has 0 aliphatic carbocycles. The zero-order valence-corrected chi connectivity index (χ0v) is 23.7. The smallest absolute Gasteiger partial charge is 0.350 e.